The fourth-order valence-electron chi connectivity index (χ4n) is 4.10. The molecule has 0 aliphatic carbocycles. The maximum absolute atomic E-state index is 4.83. The van der Waals surface area contributed by atoms with Crippen LogP contribution in [0.15, 0.2) is 42.9 Å². The molecule has 1 saturated heterocycles. The minimum atomic E-state index is 0.790. The second-order valence-corrected chi connectivity index (χ2v) is 7.72. The van der Waals surface area contributed by atoms with Crippen LogP contribution < -0.4 is 4.90 Å². The number of H-pyrrole nitrogens is 3. The van der Waals surface area contributed by atoms with Crippen molar-refractivity contribution in [3.63, 3.8) is 0 Å². The van der Waals surface area contributed by atoms with Crippen LogP contribution in [-0.4, -0.2) is 73.5 Å². The van der Waals surface area contributed by atoms with Gasteiger partial charge in [-0.15, -0.1) is 0 Å². The van der Waals surface area contributed by atoms with Gasteiger partial charge in [0.15, 0.2) is 0 Å². The number of fused-ring (bicyclic) bond motifs is 2. The number of rotatable bonds is 3. The largest absolute Gasteiger partial charge is 0.368 e. The lowest BCUT2D eigenvalue weighted by Gasteiger charge is -2.34. The van der Waals surface area contributed by atoms with Gasteiger partial charge < -0.3 is 14.8 Å². The van der Waals surface area contributed by atoms with Gasteiger partial charge in [0.2, 0.25) is 0 Å². The Bertz CT molecular complexity index is 1320. The predicted octanol–water partition coefficient (Wildman–Crippen LogP) is 2.64. The Kier molecular flexibility index (Phi) is 3.81. The number of likely N-dealkylation sites (N-methyl/N-ethyl adjacent to an activating group) is 1. The van der Waals surface area contributed by atoms with Crippen LogP contribution in [0.2, 0.25) is 0 Å². The molecule has 0 aromatic carbocycles. The van der Waals surface area contributed by atoms with Crippen molar-refractivity contribution in [2.45, 2.75) is 0 Å². The number of anilines is 1. The Balaban J connectivity index is 1.45. The maximum atomic E-state index is 4.83. The average molecular weight is 399 g/mol. The third-order valence-electron chi connectivity index (χ3n) is 5.81. The average Bonchev–Trinajstić information content (AvgIpc) is 3.52. The first-order valence-electron chi connectivity index (χ1n) is 10.0. The van der Waals surface area contributed by atoms with Crippen molar-refractivity contribution in [3.8, 4) is 22.6 Å². The van der Waals surface area contributed by atoms with Gasteiger partial charge in [-0.2, -0.15) is 10.2 Å². The van der Waals surface area contributed by atoms with E-state index in [4.69, 9.17) is 4.98 Å². The SMILES string of the molecule is CN1CCN(c2ccnc3[nH]c(-c4n[nH]c5ccc(-c6cn[nH]c6)nc45)cc23)CC1. The molecule has 0 radical (unpaired) electrons. The van der Waals surface area contributed by atoms with E-state index in [0.717, 1.165) is 70.9 Å². The summed E-state index contributed by atoms with van der Waals surface area (Å²) in [5.74, 6) is 0. The van der Waals surface area contributed by atoms with E-state index >= 15 is 0 Å². The fourth-order valence-corrected chi connectivity index (χ4v) is 4.10. The van der Waals surface area contributed by atoms with Crippen LogP contribution in [0.25, 0.3) is 44.7 Å². The molecule has 6 heterocycles. The number of aromatic nitrogens is 7. The van der Waals surface area contributed by atoms with Crippen LogP contribution in [0.5, 0.6) is 0 Å². The normalized spacial score (nSPS) is 15.4. The highest BCUT2D eigenvalue weighted by atomic mass is 15.2. The molecule has 1 aliphatic rings. The zero-order valence-corrected chi connectivity index (χ0v) is 16.6. The van der Waals surface area contributed by atoms with Gasteiger partial charge in [0, 0.05) is 55.2 Å². The summed E-state index contributed by atoms with van der Waals surface area (Å²) in [4.78, 5) is 17.6. The molecule has 0 atom stereocenters. The van der Waals surface area contributed by atoms with E-state index in [2.05, 4.69) is 59.3 Å². The van der Waals surface area contributed by atoms with Crippen molar-refractivity contribution in [1.82, 2.24) is 40.2 Å². The van der Waals surface area contributed by atoms with Crippen molar-refractivity contribution in [2.75, 3.05) is 38.1 Å². The molecule has 0 unspecified atom stereocenters. The van der Waals surface area contributed by atoms with Gasteiger partial charge in [-0.25, -0.2) is 9.97 Å². The van der Waals surface area contributed by atoms with Crippen molar-refractivity contribution >= 4 is 27.8 Å². The van der Waals surface area contributed by atoms with Crippen LogP contribution in [0.1, 0.15) is 0 Å². The van der Waals surface area contributed by atoms with Crippen LogP contribution in [0.4, 0.5) is 5.69 Å². The summed E-state index contributed by atoms with van der Waals surface area (Å²) in [6.07, 6.45) is 5.47. The van der Waals surface area contributed by atoms with Crippen molar-refractivity contribution in [2.24, 2.45) is 0 Å². The van der Waals surface area contributed by atoms with E-state index in [-0.39, 0.29) is 0 Å². The van der Waals surface area contributed by atoms with Crippen LogP contribution in [0, 0.1) is 0 Å². The zero-order chi connectivity index (χ0) is 20.1. The molecular formula is C21H21N9. The van der Waals surface area contributed by atoms with E-state index in [1.807, 2.05) is 24.5 Å². The Morgan fingerprint density at radius 1 is 1.07 bits per heavy atom. The number of nitrogens with zero attached hydrogens (tertiary/aromatic N) is 6. The summed E-state index contributed by atoms with van der Waals surface area (Å²) >= 11 is 0. The van der Waals surface area contributed by atoms with Gasteiger partial charge >= 0.3 is 0 Å². The van der Waals surface area contributed by atoms with E-state index in [1.54, 1.807) is 6.20 Å². The summed E-state index contributed by atoms with van der Waals surface area (Å²) in [7, 11) is 2.17. The number of hydrogen-bond donors (Lipinski definition) is 3. The van der Waals surface area contributed by atoms with Gasteiger partial charge in [-0.1, -0.05) is 0 Å². The number of pyridine rings is 2. The van der Waals surface area contributed by atoms with E-state index in [9.17, 15) is 0 Å². The van der Waals surface area contributed by atoms with Crippen LogP contribution in [-0.2, 0) is 0 Å². The minimum Gasteiger partial charge on any atom is -0.368 e. The molecule has 150 valence electrons. The third kappa shape index (κ3) is 2.74. The van der Waals surface area contributed by atoms with Gasteiger partial charge in [0.25, 0.3) is 0 Å². The summed E-state index contributed by atoms with van der Waals surface area (Å²) in [5.41, 5.74) is 7.28. The number of piperazine rings is 1. The molecule has 0 spiro atoms. The molecule has 0 bridgehead atoms. The molecular weight excluding hydrogens is 378 g/mol. The Hall–Kier alpha value is -3.72. The molecule has 30 heavy (non-hydrogen) atoms. The highest BCUT2D eigenvalue weighted by Crippen LogP contribution is 2.33. The molecule has 9 heteroatoms. The second-order valence-electron chi connectivity index (χ2n) is 7.72. The highest BCUT2D eigenvalue weighted by Gasteiger charge is 2.19. The molecule has 5 aromatic heterocycles. The molecule has 1 fully saturated rings. The summed E-state index contributed by atoms with van der Waals surface area (Å²) in [6, 6.07) is 8.20. The molecule has 9 nitrogen and oxygen atoms in total. The predicted molar refractivity (Wildman–Crippen MR) is 116 cm³/mol. The second kappa shape index (κ2) is 6.67. The Labute approximate surface area is 172 Å². The van der Waals surface area contributed by atoms with Crippen LogP contribution >= 0.6 is 0 Å². The lowest BCUT2D eigenvalue weighted by molar-refractivity contribution is 0.313. The first-order valence-corrected chi connectivity index (χ1v) is 10.0. The Morgan fingerprint density at radius 3 is 2.80 bits per heavy atom. The topological polar surface area (TPSA) is 105 Å². The highest BCUT2D eigenvalue weighted by molar-refractivity contribution is 5.97. The lowest BCUT2D eigenvalue weighted by atomic mass is 10.2. The molecule has 3 N–H and O–H groups in total. The quantitative estimate of drug-likeness (QED) is 0.431. The van der Waals surface area contributed by atoms with E-state index < -0.39 is 0 Å². The molecule has 0 amide bonds. The molecule has 5 aromatic rings. The Morgan fingerprint density at radius 2 is 1.97 bits per heavy atom. The van der Waals surface area contributed by atoms with Gasteiger partial charge in [0.05, 0.1) is 23.1 Å². The first kappa shape index (κ1) is 17.2. The van der Waals surface area contributed by atoms with E-state index in [0.29, 0.717) is 0 Å². The fraction of sp³-hybridized carbons (Fsp3) is 0.238. The van der Waals surface area contributed by atoms with Crippen molar-refractivity contribution < 1.29 is 0 Å². The maximum Gasteiger partial charge on any atom is 0.139 e. The van der Waals surface area contributed by atoms with Crippen molar-refractivity contribution in [3.05, 3.63) is 42.9 Å². The number of aromatic amines is 3. The minimum absolute atomic E-state index is 0.790. The standard InChI is InChI=1S/C21H21N9/c1-29-6-8-30(9-7-29)18-4-5-22-21-14(18)10-17(26-21)20-19-16(27-28-20)3-2-15(25-19)13-11-23-24-12-13/h2-5,10-12H,6-9H2,1H3,(H,22,26)(H,23,24)(H,27,28). The van der Waals surface area contributed by atoms with E-state index in [1.165, 1.54) is 5.69 Å². The summed E-state index contributed by atoms with van der Waals surface area (Å²) in [5, 5.41) is 15.6. The smallest absolute Gasteiger partial charge is 0.139 e. The number of nitrogens with one attached hydrogen (secondary N) is 3. The third-order valence-corrected chi connectivity index (χ3v) is 5.81. The molecule has 1 aliphatic heterocycles. The van der Waals surface area contributed by atoms with Gasteiger partial charge in [-0.3, -0.25) is 10.2 Å². The summed E-state index contributed by atoms with van der Waals surface area (Å²) in [6.45, 7) is 4.14. The molecule has 6 rings (SSSR count). The monoisotopic (exact) mass is 399 g/mol. The molecule has 0 saturated carbocycles. The van der Waals surface area contributed by atoms with Crippen molar-refractivity contribution in [1.29, 1.82) is 0 Å². The van der Waals surface area contributed by atoms with Gasteiger partial charge in [-0.05, 0) is 31.3 Å². The lowest BCUT2D eigenvalue weighted by Crippen LogP contribution is -2.44. The first-order chi connectivity index (χ1) is 14.8. The van der Waals surface area contributed by atoms with Crippen LogP contribution in [0.3, 0.4) is 0 Å². The zero-order valence-electron chi connectivity index (χ0n) is 16.6. The van der Waals surface area contributed by atoms with Gasteiger partial charge in [0.1, 0.15) is 16.9 Å². The summed E-state index contributed by atoms with van der Waals surface area (Å²) < 4.78 is 0. The number of hydrogen-bond acceptors (Lipinski definition) is 6.